The van der Waals surface area contributed by atoms with Gasteiger partial charge >= 0.3 is 0 Å². The summed E-state index contributed by atoms with van der Waals surface area (Å²) in [6, 6.07) is 3.82. The van der Waals surface area contributed by atoms with Crippen LogP contribution in [0.5, 0.6) is 11.5 Å². The molecule has 2 heterocycles. The van der Waals surface area contributed by atoms with E-state index in [1.165, 1.54) is 0 Å². The summed E-state index contributed by atoms with van der Waals surface area (Å²) in [5.41, 5.74) is 0.942. The first-order valence-corrected chi connectivity index (χ1v) is 11.2. The van der Waals surface area contributed by atoms with Crippen LogP contribution in [0.3, 0.4) is 0 Å². The van der Waals surface area contributed by atoms with Gasteiger partial charge in [-0.1, -0.05) is 32.4 Å². The van der Waals surface area contributed by atoms with Crippen molar-refractivity contribution in [1.82, 2.24) is 14.9 Å². The minimum Gasteiger partial charge on any atom is -0.489 e. The van der Waals surface area contributed by atoms with E-state index in [9.17, 15) is 4.79 Å². The minimum atomic E-state index is -0.168. The van der Waals surface area contributed by atoms with Crippen molar-refractivity contribution in [1.29, 1.82) is 0 Å². The number of nitrogens with zero attached hydrogens (tertiary/aromatic N) is 4. The number of ether oxygens (including phenoxy) is 2. The van der Waals surface area contributed by atoms with Crippen molar-refractivity contribution in [3.63, 3.8) is 0 Å². The maximum Gasteiger partial charge on any atom is 0.227 e. The summed E-state index contributed by atoms with van der Waals surface area (Å²) < 4.78 is 11.5. The van der Waals surface area contributed by atoms with Crippen molar-refractivity contribution in [2.75, 3.05) is 40.0 Å². The highest BCUT2D eigenvalue weighted by Gasteiger charge is 2.25. The third-order valence-electron chi connectivity index (χ3n) is 5.21. The van der Waals surface area contributed by atoms with E-state index in [4.69, 9.17) is 21.1 Å². The van der Waals surface area contributed by atoms with E-state index in [0.29, 0.717) is 62.0 Å². The number of fused-ring (bicyclic) bond motifs is 1. The van der Waals surface area contributed by atoms with Crippen molar-refractivity contribution in [2.24, 2.45) is 16.8 Å². The van der Waals surface area contributed by atoms with Crippen LogP contribution in [0.4, 0.5) is 0 Å². The summed E-state index contributed by atoms with van der Waals surface area (Å²) in [5.74, 6) is 1.55. The van der Waals surface area contributed by atoms with Crippen molar-refractivity contribution < 1.29 is 14.3 Å². The molecule has 31 heavy (non-hydrogen) atoms. The zero-order chi connectivity index (χ0) is 22.4. The maximum atomic E-state index is 13.4. The predicted octanol–water partition coefficient (Wildman–Crippen LogP) is 3.83. The summed E-state index contributed by atoms with van der Waals surface area (Å²) in [5, 5.41) is 4.56. The number of benzene rings is 1. The maximum absolute atomic E-state index is 13.4. The fourth-order valence-electron chi connectivity index (χ4n) is 3.76. The normalized spacial score (nSPS) is 16.5. The van der Waals surface area contributed by atoms with Crippen LogP contribution in [0.25, 0.3) is 0 Å². The van der Waals surface area contributed by atoms with Crippen LogP contribution in [-0.4, -0.2) is 67.1 Å². The van der Waals surface area contributed by atoms with E-state index >= 15 is 0 Å². The van der Waals surface area contributed by atoms with E-state index in [0.717, 1.165) is 12.0 Å². The summed E-state index contributed by atoms with van der Waals surface area (Å²) in [6.45, 7) is 9.73. The van der Waals surface area contributed by atoms with Crippen LogP contribution in [-0.2, 0) is 11.3 Å². The van der Waals surface area contributed by atoms with Gasteiger partial charge in [0.25, 0.3) is 0 Å². The molecule has 0 N–H and O–H groups in total. The number of hydrogen-bond donors (Lipinski definition) is 0. The van der Waals surface area contributed by atoms with Crippen LogP contribution >= 0.6 is 11.6 Å². The molecule has 1 atom stereocenters. The molecule has 0 aliphatic carbocycles. The molecule has 0 radical (unpaired) electrons. The lowest BCUT2D eigenvalue weighted by molar-refractivity contribution is -0.138. The van der Waals surface area contributed by atoms with Crippen LogP contribution in [0.2, 0.25) is 5.02 Å². The molecule has 1 aromatic carbocycles. The fourth-order valence-corrected chi connectivity index (χ4v) is 4.05. The van der Waals surface area contributed by atoms with Crippen LogP contribution in [0.15, 0.2) is 29.4 Å². The molecule has 170 valence electrons. The van der Waals surface area contributed by atoms with Gasteiger partial charge in [0.15, 0.2) is 11.5 Å². The van der Waals surface area contributed by atoms with Gasteiger partial charge in [0.1, 0.15) is 6.67 Å². The van der Waals surface area contributed by atoms with Gasteiger partial charge in [0.05, 0.1) is 18.2 Å². The molecule has 0 fully saturated rings. The van der Waals surface area contributed by atoms with Crippen LogP contribution < -0.4 is 9.47 Å². The first-order valence-electron chi connectivity index (χ1n) is 10.9. The predicted molar refractivity (Wildman–Crippen MR) is 123 cm³/mol. The number of carbonyl (C=O) groups is 1. The number of amides is 1. The minimum absolute atomic E-state index is 0.119. The second-order valence-corrected chi connectivity index (χ2v) is 8.97. The first kappa shape index (κ1) is 23.4. The molecule has 3 rings (SSSR count). The third-order valence-corrected chi connectivity index (χ3v) is 5.49. The molecule has 0 bridgehead atoms. The number of rotatable bonds is 8. The molecule has 7 nitrogen and oxygen atoms in total. The smallest absolute Gasteiger partial charge is 0.227 e. The van der Waals surface area contributed by atoms with E-state index in [1.54, 1.807) is 6.21 Å². The Balaban J connectivity index is 1.71. The lowest BCUT2D eigenvalue weighted by atomic mass is 10.1. The fraction of sp³-hybridized carbons (Fsp3) is 0.565. The number of aliphatic imine (C=N–C) groups is 1. The van der Waals surface area contributed by atoms with E-state index in [1.807, 2.05) is 53.3 Å². The van der Waals surface area contributed by atoms with Crippen molar-refractivity contribution in [3.05, 3.63) is 35.0 Å². The van der Waals surface area contributed by atoms with E-state index < -0.39 is 0 Å². The Labute approximate surface area is 190 Å². The van der Waals surface area contributed by atoms with Crippen molar-refractivity contribution >= 4 is 23.7 Å². The molecule has 2 aliphatic rings. The highest BCUT2D eigenvalue weighted by atomic mass is 35.5. The Morgan fingerprint density at radius 3 is 2.71 bits per heavy atom. The van der Waals surface area contributed by atoms with Crippen LogP contribution in [0, 0.1) is 11.8 Å². The van der Waals surface area contributed by atoms with Gasteiger partial charge in [-0.05, 0) is 29.7 Å². The average Bonchev–Trinajstić information content (AvgIpc) is 2.99. The molecule has 1 aromatic rings. The quantitative estimate of drug-likeness (QED) is 0.605. The molecule has 0 spiro atoms. The molecular formula is C23H33ClN4O3. The van der Waals surface area contributed by atoms with Gasteiger partial charge in [0, 0.05) is 51.4 Å². The Morgan fingerprint density at radius 1 is 1.23 bits per heavy atom. The Hall–Kier alpha value is -2.25. The Kier molecular flexibility index (Phi) is 8.21. The summed E-state index contributed by atoms with van der Waals surface area (Å²) >= 11 is 6.47. The average molecular weight is 449 g/mol. The lowest BCUT2D eigenvalue weighted by Crippen LogP contribution is -2.45. The zero-order valence-electron chi connectivity index (χ0n) is 18.9. The third kappa shape index (κ3) is 6.37. The van der Waals surface area contributed by atoms with Crippen molar-refractivity contribution in [3.8, 4) is 11.5 Å². The van der Waals surface area contributed by atoms with E-state index in [-0.39, 0.29) is 11.8 Å². The van der Waals surface area contributed by atoms with Gasteiger partial charge in [-0.15, -0.1) is 0 Å². The Morgan fingerprint density at radius 2 is 2.00 bits per heavy atom. The monoisotopic (exact) mass is 448 g/mol. The largest absolute Gasteiger partial charge is 0.489 e. The van der Waals surface area contributed by atoms with Gasteiger partial charge in [-0.25, -0.2) is 5.01 Å². The second-order valence-electron chi connectivity index (χ2n) is 8.56. The molecule has 2 aliphatic heterocycles. The first-order chi connectivity index (χ1) is 14.8. The number of hydrazine groups is 1. The molecule has 1 unspecified atom stereocenters. The molecule has 8 heteroatoms. The highest BCUT2D eigenvalue weighted by Crippen LogP contribution is 2.38. The number of halogens is 1. The van der Waals surface area contributed by atoms with E-state index in [2.05, 4.69) is 18.8 Å². The molecule has 1 amide bonds. The standard InChI is InChI=1S/C23H33ClN4O3/c1-17(2)13-27(23(29)18(3)14-26(4)28-8-5-7-25-16-28)15-19-11-20(24)22-21(12-19)30-9-6-10-31-22/h5,7-8,11-12,17-18H,6,9-10,13-16H2,1-4H3. The Bertz CT molecular complexity index is 827. The molecule has 0 aromatic heterocycles. The van der Waals surface area contributed by atoms with Gasteiger partial charge in [-0.2, -0.15) is 0 Å². The second kappa shape index (κ2) is 10.9. The van der Waals surface area contributed by atoms with Crippen LogP contribution in [0.1, 0.15) is 32.8 Å². The number of carbonyl (C=O) groups excluding carboxylic acids is 1. The number of hydrogen-bond acceptors (Lipinski definition) is 6. The van der Waals surface area contributed by atoms with Gasteiger partial charge in [-0.3, -0.25) is 14.8 Å². The highest BCUT2D eigenvalue weighted by molar-refractivity contribution is 6.32. The summed E-state index contributed by atoms with van der Waals surface area (Å²) in [4.78, 5) is 19.5. The number of allylic oxidation sites excluding steroid dienone is 1. The summed E-state index contributed by atoms with van der Waals surface area (Å²) in [6.07, 6.45) is 6.46. The molecule has 0 saturated carbocycles. The zero-order valence-corrected chi connectivity index (χ0v) is 19.6. The van der Waals surface area contributed by atoms with Gasteiger partial charge in [0.2, 0.25) is 5.91 Å². The lowest BCUT2D eigenvalue weighted by Gasteiger charge is -2.34. The summed E-state index contributed by atoms with van der Waals surface area (Å²) in [7, 11) is 1.98. The van der Waals surface area contributed by atoms with Crippen molar-refractivity contribution in [2.45, 2.75) is 33.7 Å². The topological polar surface area (TPSA) is 57.6 Å². The molecule has 0 saturated heterocycles. The molecular weight excluding hydrogens is 416 g/mol. The van der Waals surface area contributed by atoms with Gasteiger partial charge < -0.3 is 14.4 Å². The SMILES string of the molecule is CC(C)CN(Cc1cc(Cl)c2c(c1)OCCCO2)C(=O)C(C)CN(C)N1C=CC=NC1.